The highest BCUT2D eigenvalue weighted by Crippen LogP contribution is 2.38. The fraction of sp³-hybridized carbons (Fsp3) is 0.484. The molecule has 0 atom stereocenters. The van der Waals surface area contributed by atoms with E-state index in [0.29, 0.717) is 70.4 Å². The van der Waals surface area contributed by atoms with Crippen molar-refractivity contribution in [1.82, 2.24) is 34.7 Å². The second-order valence-electron chi connectivity index (χ2n) is 11.6. The molecule has 0 spiro atoms. The number of anilines is 2. The number of nitrogens with one attached hydrogen (secondary N) is 2. The highest BCUT2D eigenvalue weighted by molar-refractivity contribution is 5.91. The van der Waals surface area contributed by atoms with Gasteiger partial charge in [-0.15, -0.1) is 5.10 Å². The minimum atomic E-state index is -4.80. The molecule has 0 aliphatic carbocycles. The molecule has 48 heavy (non-hydrogen) atoms. The topological polar surface area (TPSA) is 147 Å². The smallest absolute Gasteiger partial charge is 0.417 e. The number of ether oxygens (including phenoxy) is 2. The van der Waals surface area contributed by atoms with E-state index >= 15 is 0 Å². The molecule has 0 unspecified atom stereocenters. The maximum atomic E-state index is 14.3. The Labute approximate surface area is 274 Å². The summed E-state index contributed by atoms with van der Waals surface area (Å²) in [6.07, 6.45) is -1.53. The highest BCUT2D eigenvalue weighted by Gasteiger charge is 2.36. The number of carbonyl (C=O) groups excluding carboxylic acids is 3. The molecular formula is C31H38F3N9O5. The Morgan fingerprint density at radius 3 is 2.46 bits per heavy atom. The Bertz CT molecular complexity index is 1680. The average Bonchev–Trinajstić information content (AvgIpc) is 3.45. The van der Waals surface area contributed by atoms with E-state index in [-0.39, 0.29) is 42.2 Å². The summed E-state index contributed by atoms with van der Waals surface area (Å²) >= 11 is 0. The first-order chi connectivity index (χ1) is 22.9. The van der Waals surface area contributed by atoms with Crippen LogP contribution in [0.15, 0.2) is 36.2 Å². The molecule has 2 N–H and O–H groups in total. The summed E-state index contributed by atoms with van der Waals surface area (Å²) in [4.78, 5) is 50.8. The van der Waals surface area contributed by atoms with E-state index in [2.05, 4.69) is 30.6 Å². The fourth-order valence-corrected chi connectivity index (χ4v) is 5.46. The number of piperazine rings is 1. The van der Waals surface area contributed by atoms with Crippen LogP contribution in [-0.2, 0) is 31.8 Å². The number of morpholine rings is 1. The van der Waals surface area contributed by atoms with Gasteiger partial charge in [0.25, 0.3) is 0 Å². The van der Waals surface area contributed by atoms with Crippen molar-refractivity contribution in [2.75, 3.05) is 75.9 Å². The number of rotatable bonds is 9. The number of nitrogens with zero attached hydrogens (tertiary/aromatic N) is 7. The van der Waals surface area contributed by atoms with Gasteiger partial charge in [0.05, 0.1) is 37.5 Å². The lowest BCUT2D eigenvalue weighted by atomic mass is 10.1. The monoisotopic (exact) mass is 673 g/mol. The van der Waals surface area contributed by atoms with E-state index in [0.717, 1.165) is 23.4 Å². The van der Waals surface area contributed by atoms with Gasteiger partial charge < -0.3 is 24.6 Å². The first-order valence-corrected chi connectivity index (χ1v) is 15.6. The molecule has 5 rings (SSSR count). The van der Waals surface area contributed by atoms with Crippen LogP contribution in [0.2, 0.25) is 0 Å². The van der Waals surface area contributed by atoms with Crippen LogP contribution in [0.4, 0.5) is 29.6 Å². The molecule has 3 aromatic heterocycles. The van der Waals surface area contributed by atoms with Crippen LogP contribution in [0, 0.1) is 0 Å². The Hall–Kier alpha value is -4.77. The molecule has 2 fully saturated rings. The Morgan fingerprint density at radius 2 is 1.79 bits per heavy atom. The van der Waals surface area contributed by atoms with E-state index in [9.17, 15) is 27.6 Å². The van der Waals surface area contributed by atoms with Gasteiger partial charge in [-0.3, -0.25) is 19.8 Å². The van der Waals surface area contributed by atoms with Crippen LogP contribution in [0.3, 0.4) is 0 Å². The van der Waals surface area contributed by atoms with Crippen molar-refractivity contribution in [3.8, 4) is 11.4 Å². The van der Waals surface area contributed by atoms with Crippen molar-refractivity contribution in [2.45, 2.75) is 33.5 Å². The second-order valence-corrected chi connectivity index (χ2v) is 11.6. The van der Waals surface area contributed by atoms with Gasteiger partial charge in [0.1, 0.15) is 11.3 Å². The number of hydrogen-bond donors (Lipinski definition) is 2. The predicted molar refractivity (Wildman–Crippen MR) is 169 cm³/mol. The first-order valence-electron chi connectivity index (χ1n) is 15.6. The molecular weight excluding hydrogens is 635 g/mol. The van der Waals surface area contributed by atoms with Crippen LogP contribution >= 0.6 is 0 Å². The zero-order valence-corrected chi connectivity index (χ0v) is 27.0. The summed E-state index contributed by atoms with van der Waals surface area (Å²) in [6.45, 7) is 9.69. The summed E-state index contributed by atoms with van der Waals surface area (Å²) in [5, 5.41) is 9.31. The summed E-state index contributed by atoms with van der Waals surface area (Å²) in [5.41, 5.74) is 0.925. The Balaban J connectivity index is 1.37. The second kappa shape index (κ2) is 15.0. The lowest BCUT2D eigenvalue weighted by Crippen LogP contribution is -2.50. The molecule has 17 heteroatoms. The molecule has 2 aliphatic rings. The number of fused-ring (bicyclic) bond motifs is 1. The number of aromatic nitrogens is 4. The van der Waals surface area contributed by atoms with E-state index in [1.807, 2.05) is 11.0 Å². The van der Waals surface area contributed by atoms with Crippen LogP contribution in [-0.4, -0.2) is 113 Å². The zero-order chi connectivity index (χ0) is 34.4. The normalized spacial score (nSPS) is 15.7. The number of alkyl halides is 3. The van der Waals surface area contributed by atoms with Gasteiger partial charge in [-0.1, -0.05) is 5.57 Å². The molecule has 2 aliphatic heterocycles. The van der Waals surface area contributed by atoms with Crippen LogP contribution in [0.5, 0.6) is 0 Å². The predicted octanol–water partition coefficient (Wildman–Crippen LogP) is 2.94. The Morgan fingerprint density at radius 1 is 1.06 bits per heavy atom. The third-order valence-electron chi connectivity index (χ3n) is 7.73. The Kier molecular flexibility index (Phi) is 10.8. The number of halogens is 3. The third kappa shape index (κ3) is 8.57. The molecule has 2 saturated heterocycles. The zero-order valence-electron chi connectivity index (χ0n) is 27.0. The molecule has 0 radical (unpaired) electrons. The van der Waals surface area contributed by atoms with Crippen molar-refractivity contribution >= 4 is 35.1 Å². The quantitative estimate of drug-likeness (QED) is 0.325. The maximum absolute atomic E-state index is 14.3. The molecule has 5 heterocycles. The molecule has 14 nitrogen and oxygen atoms in total. The molecule has 0 bridgehead atoms. The number of hydrogen-bond acceptors (Lipinski definition) is 10. The third-order valence-corrected chi connectivity index (χ3v) is 7.73. The van der Waals surface area contributed by atoms with Crippen LogP contribution < -0.4 is 15.5 Å². The van der Waals surface area contributed by atoms with E-state index in [4.69, 9.17) is 9.47 Å². The van der Waals surface area contributed by atoms with Gasteiger partial charge in [-0.05, 0) is 38.5 Å². The van der Waals surface area contributed by atoms with Gasteiger partial charge in [-0.2, -0.15) is 13.2 Å². The van der Waals surface area contributed by atoms with Gasteiger partial charge >= 0.3 is 12.3 Å². The first kappa shape index (κ1) is 34.6. The minimum Gasteiger partial charge on any atom is -0.450 e. The van der Waals surface area contributed by atoms with Gasteiger partial charge in [0.15, 0.2) is 11.6 Å². The van der Waals surface area contributed by atoms with Crippen LogP contribution in [0.25, 0.3) is 16.9 Å². The molecule has 3 amide bonds. The van der Waals surface area contributed by atoms with Crippen molar-refractivity contribution in [3.05, 3.63) is 47.3 Å². The number of carbonyl (C=O) groups is 3. The SMILES string of the molecule is CCOC(=O)Nc1cc(C(F)(F)F)c(-c2nc(N3CCOCC3)c3cc(CN4CCN(C(=O)CNC(=O)C=C(C)C)CC4)cn3n2)cn1. The van der Waals surface area contributed by atoms with Crippen molar-refractivity contribution < 1.29 is 37.0 Å². The van der Waals surface area contributed by atoms with Gasteiger partial charge in [0, 0.05) is 64.3 Å². The van der Waals surface area contributed by atoms with Crippen molar-refractivity contribution in [1.29, 1.82) is 0 Å². The van der Waals surface area contributed by atoms with E-state index in [1.54, 1.807) is 31.9 Å². The summed E-state index contributed by atoms with van der Waals surface area (Å²) in [5.74, 6) is -0.508. The summed E-state index contributed by atoms with van der Waals surface area (Å²) in [6, 6.07) is 2.65. The average molecular weight is 674 g/mol. The number of allylic oxidation sites excluding steroid dienone is 1. The highest BCUT2D eigenvalue weighted by atomic mass is 19.4. The molecule has 258 valence electrons. The standard InChI is InChI=1S/C31H38F3N9O5/c1-4-48-30(46)37-25-15-23(31(32,33)34)22(16-35-25)28-38-29(42-9-11-47-12-10-42)24-14-21(19-43(24)39-28)18-40-5-7-41(8-6-40)27(45)17-36-26(44)13-20(2)3/h13-16,19H,4-12,17-18H2,1-3H3,(H,36,44)(H,35,37,46). The largest absolute Gasteiger partial charge is 0.450 e. The maximum Gasteiger partial charge on any atom is 0.417 e. The lowest BCUT2D eigenvalue weighted by Gasteiger charge is -2.34. The number of pyridine rings is 1. The number of amides is 3. The lowest BCUT2D eigenvalue weighted by molar-refractivity contribution is -0.137. The van der Waals surface area contributed by atoms with Crippen molar-refractivity contribution in [2.24, 2.45) is 0 Å². The van der Waals surface area contributed by atoms with E-state index in [1.165, 1.54) is 10.6 Å². The summed E-state index contributed by atoms with van der Waals surface area (Å²) < 4.78 is 54.8. The van der Waals surface area contributed by atoms with Gasteiger partial charge in [0.2, 0.25) is 11.8 Å². The van der Waals surface area contributed by atoms with Crippen LogP contribution in [0.1, 0.15) is 31.9 Å². The van der Waals surface area contributed by atoms with Crippen molar-refractivity contribution in [3.63, 3.8) is 0 Å². The molecule has 0 saturated carbocycles. The van der Waals surface area contributed by atoms with E-state index < -0.39 is 17.8 Å². The minimum absolute atomic E-state index is 0.0426. The summed E-state index contributed by atoms with van der Waals surface area (Å²) in [7, 11) is 0. The molecule has 3 aromatic rings. The van der Waals surface area contributed by atoms with Gasteiger partial charge in [-0.25, -0.2) is 19.3 Å². The molecule has 0 aromatic carbocycles. The fourth-order valence-electron chi connectivity index (χ4n) is 5.46.